The fraction of sp³-hybridized carbons (Fsp3) is 0.308. The maximum Gasteiger partial charge on any atom is 0.250 e. The molecule has 1 fully saturated rings. The van der Waals surface area contributed by atoms with Gasteiger partial charge in [0, 0.05) is 37.2 Å². The van der Waals surface area contributed by atoms with Crippen molar-refractivity contribution in [2.75, 3.05) is 19.4 Å². The van der Waals surface area contributed by atoms with Gasteiger partial charge in [0.2, 0.25) is 11.8 Å². The number of para-hydroxylation sites is 1. The van der Waals surface area contributed by atoms with E-state index in [1.165, 1.54) is 23.8 Å². The average molecular weight is 476 g/mol. The van der Waals surface area contributed by atoms with Gasteiger partial charge in [-0.15, -0.1) is 0 Å². The molecule has 2 heterocycles. The molecular formula is C26H29N5O4. The molecule has 0 radical (unpaired) electrons. The zero-order valence-electron chi connectivity index (χ0n) is 19.8. The summed E-state index contributed by atoms with van der Waals surface area (Å²) in [7, 11) is 1.52. The van der Waals surface area contributed by atoms with Gasteiger partial charge in [0.05, 0.1) is 7.11 Å². The Morgan fingerprint density at radius 1 is 1.20 bits per heavy atom. The molecule has 182 valence electrons. The number of amides is 3. The van der Waals surface area contributed by atoms with Crippen LogP contribution in [-0.2, 0) is 20.9 Å². The van der Waals surface area contributed by atoms with E-state index in [4.69, 9.17) is 16.2 Å². The summed E-state index contributed by atoms with van der Waals surface area (Å²) >= 11 is 0. The monoisotopic (exact) mass is 475 g/mol. The summed E-state index contributed by atoms with van der Waals surface area (Å²) in [4.78, 5) is 46.1. The van der Waals surface area contributed by atoms with E-state index in [2.05, 4.69) is 4.98 Å². The molecule has 1 aliphatic rings. The molecule has 0 bridgehead atoms. The number of methoxy groups -OCH3 is 1. The van der Waals surface area contributed by atoms with Crippen LogP contribution in [0.2, 0.25) is 0 Å². The molecular weight excluding hydrogens is 446 g/mol. The molecule has 3 amide bonds. The molecule has 35 heavy (non-hydrogen) atoms. The van der Waals surface area contributed by atoms with Crippen LogP contribution < -0.4 is 16.2 Å². The van der Waals surface area contributed by atoms with Crippen molar-refractivity contribution < 1.29 is 19.1 Å². The average Bonchev–Trinajstić information content (AvgIpc) is 3.34. The van der Waals surface area contributed by atoms with Crippen LogP contribution in [0.4, 0.5) is 5.82 Å². The van der Waals surface area contributed by atoms with Crippen LogP contribution in [-0.4, -0.2) is 52.2 Å². The molecule has 4 rings (SSSR count). The van der Waals surface area contributed by atoms with E-state index in [1.54, 1.807) is 30.5 Å². The Labute approximate surface area is 203 Å². The van der Waals surface area contributed by atoms with Crippen molar-refractivity contribution >= 4 is 34.3 Å². The lowest BCUT2D eigenvalue weighted by atomic mass is 10.00. The zero-order chi connectivity index (χ0) is 25.1. The third kappa shape index (κ3) is 4.75. The number of primary amides is 1. The summed E-state index contributed by atoms with van der Waals surface area (Å²) in [6, 6.07) is 12.9. The standard InChI is InChI=1S/C26H29N5O4/c1-16(32)31(15-17-9-10-19-18(14-17)11-12-29-24(19)27)23(20-6-3-4-8-22(20)35-2)26(34)30-13-5-7-21(30)25(28)33/h3-4,6,8-12,14,21,23H,5,7,13,15H2,1-2H3,(H2,27,29)(H2,28,33)/t21-,23?/m0/s1. The SMILES string of the molecule is COc1ccccc1C(C(=O)N1CCC[C@H]1C(N)=O)N(Cc1ccc2c(N)nccc2c1)C(C)=O. The number of carbonyl (C=O) groups excluding carboxylic acids is 3. The van der Waals surface area contributed by atoms with Crippen LogP contribution in [0.1, 0.15) is 36.9 Å². The lowest BCUT2D eigenvalue weighted by molar-refractivity contribution is -0.148. The Bertz CT molecular complexity index is 1280. The quantitative estimate of drug-likeness (QED) is 0.539. The number of ether oxygens (including phenoxy) is 1. The second-order valence-electron chi connectivity index (χ2n) is 8.64. The summed E-state index contributed by atoms with van der Waals surface area (Å²) in [5, 5.41) is 1.69. The number of anilines is 1. The summed E-state index contributed by atoms with van der Waals surface area (Å²) in [6.07, 6.45) is 2.79. The number of nitrogens with two attached hydrogens (primary N) is 2. The van der Waals surface area contributed by atoms with Gasteiger partial charge in [-0.2, -0.15) is 0 Å². The van der Waals surface area contributed by atoms with Crippen molar-refractivity contribution in [3.8, 4) is 5.75 Å². The van der Waals surface area contributed by atoms with Gasteiger partial charge in [0.25, 0.3) is 5.91 Å². The minimum absolute atomic E-state index is 0.164. The zero-order valence-corrected chi connectivity index (χ0v) is 19.8. The molecule has 9 heteroatoms. The molecule has 0 saturated carbocycles. The van der Waals surface area contributed by atoms with Crippen LogP contribution in [0.5, 0.6) is 5.75 Å². The van der Waals surface area contributed by atoms with Crippen molar-refractivity contribution in [2.45, 2.75) is 38.4 Å². The minimum Gasteiger partial charge on any atom is -0.496 e. The number of nitrogen functional groups attached to an aromatic ring is 1. The number of aromatic nitrogens is 1. The first-order valence-electron chi connectivity index (χ1n) is 11.4. The fourth-order valence-corrected chi connectivity index (χ4v) is 4.74. The smallest absolute Gasteiger partial charge is 0.250 e. The maximum absolute atomic E-state index is 14.0. The van der Waals surface area contributed by atoms with Gasteiger partial charge >= 0.3 is 0 Å². The number of carbonyl (C=O) groups is 3. The van der Waals surface area contributed by atoms with Crippen LogP contribution in [0.25, 0.3) is 10.8 Å². The molecule has 1 aromatic heterocycles. The molecule has 1 saturated heterocycles. The van der Waals surface area contributed by atoms with Crippen molar-refractivity contribution in [1.82, 2.24) is 14.8 Å². The molecule has 0 aliphatic carbocycles. The fourth-order valence-electron chi connectivity index (χ4n) is 4.74. The maximum atomic E-state index is 14.0. The summed E-state index contributed by atoms with van der Waals surface area (Å²) in [5.41, 5.74) is 12.9. The topological polar surface area (TPSA) is 132 Å². The van der Waals surface area contributed by atoms with Crippen molar-refractivity contribution in [2.24, 2.45) is 5.73 Å². The number of pyridine rings is 1. The van der Waals surface area contributed by atoms with Gasteiger partial charge in [0.15, 0.2) is 0 Å². The highest BCUT2D eigenvalue weighted by Crippen LogP contribution is 2.34. The Morgan fingerprint density at radius 2 is 1.97 bits per heavy atom. The van der Waals surface area contributed by atoms with Crippen molar-refractivity contribution in [3.05, 3.63) is 65.9 Å². The number of hydrogen-bond acceptors (Lipinski definition) is 6. The number of likely N-dealkylation sites (tertiary alicyclic amines) is 1. The van der Waals surface area contributed by atoms with E-state index < -0.39 is 18.0 Å². The first-order chi connectivity index (χ1) is 16.8. The highest BCUT2D eigenvalue weighted by molar-refractivity contribution is 5.93. The number of fused-ring (bicyclic) bond motifs is 1. The van der Waals surface area contributed by atoms with E-state index >= 15 is 0 Å². The van der Waals surface area contributed by atoms with E-state index in [1.807, 2.05) is 24.3 Å². The predicted octanol–water partition coefficient (Wildman–Crippen LogP) is 2.39. The molecule has 3 aromatic rings. The predicted molar refractivity (Wildman–Crippen MR) is 132 cm³/mol. The number of rotatable bonds is 7. The van der Waals surface area contributed by atoms with Crippen LogP contribution in [0.15, 0.2) is 54.7 Å². The first kappa shape index (κ1) is 24.0. The lowest BCUT2D eigenvalue weighted by Crippen LogP contribution is -2.49. The third-order valence-corrected chi connectivity index (χ3v) is 6.46. The van der Waals surface area contributed by atoms with Crippen molar-refractivity contribution in [3.63, 3.8) is 0 Å². The summed E-state index contributed by atoms with van der Waals surface area (Å²) < 4.78 is 5.54. The van der Waals surface area contributed by atoms with Gasteiger partial charge in [-0.3, -0.25) is 14.4 Å². The molecule has 9 nitrogen and oxygen atoms in total. The van der Waals surface area contributed by atoms with E-state index in [-0.39, 0.29) is 18.4 Å². The third-order valence-electron chi connectivity index (χ3n) is 6.46. The van der Waals surface area contributed by atoms with Gasteiger partial charge in [0.1, 0.15) is 23.7 Å². The van der Waals surface area contributed by atoms with E-state index in [0.717, 1.165) is 16.3 Å². The van der Waals surface area contributed by atoms with Gasteiger partial charge < -0.3 is 26.0 Å². The Balaban J connectivity index is 1.78. The van der Waals surface area contributed by atoms with E-state index in [9.17, 15) is 14.4 Å². The second-order valence-corrected chi connectivity index (χ2v) is 8.64. The van der Waals surface area contributed by atoms with E-state index in [0.29, 0.717) is 36.5 Å². The molecule has 0 spiro atoms. The normalized spacial score (nSPS) is 16.2. The largest absolute Gasteiger partial charge is 0.496 e. The van der Waals surface area contributed by atoms with Gasteiger partial charge in [-0.05, 0) is 42.0 Å². The first-order valence-corrected chi connectivity index (χ1v) is 11.4. The molecule has 2 atom stereocenters. The lowest BCUT2D eigenvalue weighted by Gasteiger charge is -2.35. The number of benzene rings is 2. The summed E-state index contributed by atoms with van der Waals surface area (Å²) in [5.74, 6) is -0.307. The Kier molecular flexibility index (Phi) is 6.86. The molecule has 2 aromatic carbocycles. The van der Waals surface area contributed by atoms with Gasteiger partial charge in [-0.1, -0.05) is 30.3 Å². The number of nitrogens with zero attached hydrogens (tertiary/aromatic N) is 3. The van der Waals surface area contributed by atoms with Crippen LogP contribution in [0.3, 0.4) is 0 Å². The highest BCUT2D eigenvalue weighted by atomic mass is 16.5. The molecule has 1 aliphatic heterocycles. The second kappa shape index (κ2) is 10.0. The van der Waals surface area contributed by atoms with Crippen molar-refractivity contribution in [1.29, 1.82) is 0 Å². The summed E-state index contributed by atoms with van der Waals surface area (Å²) in [6.45, 7) is 1.98. The minimum atomic E-state index is -0.998. The molecule has 4 N–H and O–H groups in total. The van der Waals surface area contributed by atoms with Crippen LogP contribution in [0, 0.1) is 0 Å². The Hall–Kier alpha value is -4.14. The highest BCUT2D eigenvalue weighted by Gasteiger charge is 2.40. The molecule has 1 unspecified atom stereocenters. The number of hydrogen-bond donors (Lipinski definition) is 2. The van der Waals surface area contributed by atoms with Gasteiger partial charge in [-0.25, -0.2) is 4.98 Å². The Morgan fingerprint density at radius 3 is 2.69 bits per heavy atom. The van der Waals surface area contributed by atoms with Crippen LogP contribution >= 0.6 is 0 Å².